The normalized spacial score (nSPS) is 37.3. The van der Waals surface area contributed by atoms with Crippen LogP contribution < -0.4 is 0 Å². The molecule has 5 atom stereocenters. The smallest absolute Gasteiger partial charge is 0.192 e. The molecule has 2 aliphatic carbocycles. The summed E-state index contributed by atoms with van der Waals surface area (Å²) in [6.45, 7) is 14.3. The van der Waals surface area contributed by atoms with E-state index < -0.39 is 8.32 Å². The lowest BCUT2D eigenvalue weighted by Gasteiger charge is -2.40. The Morgan fingerprint density at radius 1 is 1.20 bits per heavy atom. The zero-order valence-electron chi connectivity index (χ0n) is 17.0. The van der Waals surface area contributed by atoms with Crippen molar-refractivity contribution in [1.29, 1.82) is 0 Å². The predicted molar refractivity (Wildman–Crippen MR) is 102 cm³/mol. The first-order valence-corrected chi connectivity index (χ1v) is 13.1. The molecule has 25 heavy (non-hydrogen) atoms. The van der Waals surface area contributed by atoms with Crippen molar-refractivity contribution in [2.45, 2.75) is 108 Å². The lowest BCUT2D eigenvalue weighted by Crippen LogP contribution is -2.45. The summed E-state index contributed by atoms with van der Waals surface area (Å²) < 4.78 is 18.7. The summed E-state index contributed by atoms with van der Waals surface area (Å²) in [5.74, 6) is 1.02. The summed E-state index contributed by atoms with van der Waals surface area (Å²) in [5.41, 5.74) is -0.377. The van der Waals surface area contributed by atoms with E-state index in [9.17, 15) is 5.11 Å². The Morgan fingerprint density at radius 2 is 1.88 bits per heavy atom. The van der Waals surface area contributed by atoms with Crippen LogP contribution in [0.15, 0.2) is 0 Å². The molecule has 0 spiro atoms. The second kappa shape index (κ2) is 6.90. The molecule has 2 saturated carbocycles. The van der Waals surface area contributed by atoms with Crippen molar-refractivity contribution in [2.75, 3.05) is 6.61 Å². The van der Waals surface area contributed by atoms with Gasteiger partial charge in [-0.25, -0.2) is 0 Å². The molecule has 1 N–H and O–H groups in total. The zero-order valence-corrected chi connectivity index (χ0v) is 18.0. The van der Waals surface area contributed by atoms with Crippen molar-refractivity contribution in [1.82, 2.24) is 0 Å². The third-order valence-corrected chi connectivity index (χ3v) is 11.6. The number of rotatable bonds is 7. The molecule has 1 heterocycles. The van der Waals surface area contributed by atoms with E-state index in [2.05, 4.69) is 33.9 Å². The van der Waals surface area contributed by atoms with Crippen molar-refractivity contribution >= 4 is 8.32 Å². The van der Waals surface area contributed by atoms with Gasteiger partial charge in [0.05, 0.1) is 17.8 Å². The van der Waals surface area contributed by atoms with Gasteiger partial charge in [-0.15, -0.1) is 0 Å². The Balaban J connectivity index is 1.69. The van der Waals surface area contributed by atoms with Crippen molar-refractivity contribution < 1.29 is 19.0 Å². The van der Waals surface area contributed by atoms with E-state index >= 15 is 0 Å². The predicted octanol–water partition coefficient (Wildman–Crippen LogP) is 4.47. The molecule has 1 saturated heterocycles. The van der Waals surface area contributed by atoms with Gasteiger partial charge in [0.25, 0.3) is 0 Å². The topological polar surface area (TPSA) is 47.9 Å². The highest BCUT2D eigenvalue weighted by atomic mass is 28.4. The largest absolute Gasteiger partial charge is 0.414 e. The quantitative estimate of drug-likeness (QED) is 0.672. The molecule has 0 aromatic heterocycles. The molecule has 1 aliphatic heterocycles. The van der Waals surface area contributed by atoms with Crippen LogP contribution >= 0.6 is 0 Å². The monoisotopic (exact) mass is 370 g/mol. The first-order chi connectivity index (χ1) is 11.5. The van der Waals surface area contributed by atoms with Gasteiger partial charge in [0, 0.05) is 13.0 Å². The average Bonchev–Trinajstić information content (AvgIpc) is 2.95. The van der Waals surface area contributed by atoms with E-state index in [1.54, 1.807) is 0 Å². The Kier molecular flexibility index (Phi) is 5.47. The summed E-state index contributed by atoms with van der Waals surface area (Å²) in [5, 5.41) is 10.5. The van der Waals surface area contributed by atoms with Gasteiger partial charge in [-0.3, -0.25) is 0 Å². The van der Waals surface area contributed by atoms with Gasteiger partial charge in [0.2, 0.25) is 0 Å². The summed E-state index contributed by atoms with van der Waals surface area (Å²) in [6.07, 6.45) is 6.39. The van der Waals surface area contributed by atoms with Crippen molar-refractivity contribution in [3.63, 3.8) is 0 Å². The number of hydrogen-bond acceptors (Lipinski definition) is 4. The van der Waals surface area contributed by atoms with Crippen LogP contribution in [-0.4, -0.2) is 44.1 Å². The Bertz CT molecular complexity index is 469. The second-order valence-corrected chi connectivity index (χ2v) is 14.8. The van der Waals surface area contributed by atoms with Crippen LogP contribution in [0.4, 0.5) is 0 Å². The van der Waals surface area contributed by atoms with Crippen LogP contribution in [-0.2, 0) is 13.9 Å². The maximum atomic E-state index is 10.3. The second-order valence-electron chi connectivity index (χ2n) is 10.0. The summed E-state index contributed by atoms with van der Waals surface area (Å²) in [6, 6.07) is 0. The summed E-state index contributed by atoms with van der Waals surface area (Å²) in [7, 11) is -1.80. The van der Waals surface area contributed by atoms with Crippen LogP contribution in [0.25, 0.3) is 0 Å². The van der Waals surface area contributed by atoms with Crippen molar-refractivity contribution in [3.8, 4) is 0 Å². The highest BCUT2D eigenvalue weighted by Gasteiger charge is 2.53. The van der Waals surface area contributed by atoms with Gasteiger partial charge in [-0.2, -0.15) is 0 Å². The molecule has 3 aliphatic rings. The number of hydrogen-bond donors (Lipinski definition) is 1. The zero-order chi connectivity index (χ0) is 18.5. The molecule has 0 aromatic carbocycles. The first-order valence-electron chi connectivity index (χ1n) is 10.2. The maximum Gasteiger partial charge on any atom is 0.192 e. The van der Waals surface area contributed by atoms with Gasteiger partial charge in [0.1, 0.15) is 0 Å². The van der Waals surface area contributed by atoms with E-state index in [0.29, 0.717) is 18.4 Å². The minimum Gasteiger partial charge on any atom is -0.414 e. The van der Waals surface area contributed by atoms with Crippen LogP contribution in [0.2, 0.25) is 18.1 Å². The lowest BCUT2D eigenvalue weighted by atomic mass is 9.87. The third-order valence-electron chi connectivity index (χ3n) is 7.14. The third kappa shape index (κ3) is 4.32. The van der Waals surface area contributed by atoms with E-state index in [1.165, 1.54) is 0 Å². The molecule has 2 unspecified atom stereocenters. The molecule has 0 aromatic rings. The van der Waals surface area contributed by atoms with Gasteiger partial charge >= 0.3 is 0 Å². The molecular weight excluding hydrogens is 332 g/mol. The number of aliphatic hydroxyl groups is 1. The summed E-state index contributed by atoms with van der Waals surface area (Å²) >= 11 is 0. The van der Waals surface area contributed by atoms with Crippen LogP contribution in [0.1, 0.15) is 66.2 Å². The van der Waals surface area contributed by atoms with Crippen molar-refractivity contribution in [2.24, 2.45) is 11.8 Å². The molecular formula is C20H38O4Si. The first kappa shape index (κ1) is 19.8. The Morgan fingerprint density at radius 3 is 2.44 bits per heavy atom. The summed E-state index contributed by atoms with van der Waals surface area (Å²) in [4.78, 5) is 0. The van der Waals surface area contributed by atoms with Crippen LogP contribution in [0, 0.1) is 11.8 Å². The standard InChI is InChI=1S/C20H38O4Si/c1-7-22-18-12-15-14(8-9-20(21)10-11-20)17(13-16(15)23-18)24-25(5,6)19(2,3)4/h14-18,21H,7-13H2,1-6H3/t14-,15-,16?,17+,18?/m1/s1. The Hall–Kier alpha value is 0.0569. The average molecular weight is 371 g/mol. The SMILES string of the molecule is CCOC1C[C@H]2C(C[C@H](O[Si](C)(C)C(C)(C)C)[C@@H]2CCC2(O)CC2)O1. The molecule has 3 rings (SSSR count). The number of ether oxygens (including phenoxy) is 2. The van der Waals surface area contributed by atoms with Crippen molar-refractivity contribution in [3.05, 3.63) is 0 Å². The molecule has 5 heteroatoms. The Labute approximate surface area is 154 Å². The fourth-order valence-electron chi connectivity index (χ4n) is 4.30. The van der Waals surface area contributed by atoms with E-state index in [4.69, 9.17) is 13.9 Å². The van der Waals surface area contributed by atoms with Crippen LogP contribution in [0.5, 0.6) is 0 Å². The van der Waals surface area contributed by atoms with E-state index in [1.807, 2.05) is 6.92 Å². The molecule has 4 nitrogen and oxygen atoms in total. The van der Waals surface area contributed by atoms with Gasteiger partial charge in [0.15, 0.2) is 14.6 Å². The highest BCUT2D eigenvalue weighted by molar-refractivity contribution is 6.74. The fourth-order valence-corrected chi connectivity index (χ4v) is 5.68. The van der Waals surface area contributed by atoms with Crippen LogP contribution in [0.3, 0.4) is 0 Å². The fraction of sp³-hybridized carbons (Fsp3) is 1.00. The highest BCUT2D eigenvalue weighted by Crippen LogP contribution is 2.51. The minimum atomic E-state index is -1.80. The van der Waals surface area contributed by atoms with Gasteiger partial charge in [-0.1, -0.05) is 20.8 Å². The van der Waals surface area contributed by atoms with E-state index in [-0.39, 0.29) is 29.1 Å². The lowest BCUT2D eigenvalue weighted by molar-refractivity contribution is -0.133. The minimum absolute atomic E-state index is 0.0414. The van der Waals surface area contributed by atoms with Gasteiger partial charge < -0.3 is 19.0 Å². The van der Waals surface area contributed by atoms with E-state index in [0.717, 1.165) is 38.5 Å². The van der Waals surface area contributed by atoms with Gasteiger partial charge in [-0.05, 0) is 69.0 Å². The molecule has 0 bridgehead atoms. The molecule has 3 fully saturated rings. The molecule has 0 amide bonds. The molecule has 146 valence electrons. The number of fused-ring (bicyclic) bond motifs is 1. The maximum absolute atomic E-state index is 10.3. The molecule has 0 radical (unpaired) electrons.